The smallest absolute Gasteiger partial charge is 0.0820 e. The summed E-state index contributed by atoms with van der Waals surface area (Å²) in [7, 11) is 1.95. The summed E-state index contributed by atoms with van der Waals surface area (Å²) in [4.78, 5) is 14.8. The number of fused-ring (bicyclic) bond motifs is 1. The molecule has 0 aliphatic carbocycles. The lowest BCUT2D eigenvalue weighted by molar-refractivity contribution is -0.312. The number of hydrogen-bond acceptors (Lipinski definition) is 4. The van der Waals surface area contributed by atoms with Gasteiger partial charge in [0.05, 0.1) is 11.4 Å². The molecule has 98 valence electrons. The summed E-state index contributed by atoms with van der Waals surface area (Å²) in [5.41, 5.74) is 0.891. The van der Waals surface area contributed by atoms with Gasteiger partial charge in [0.1, 0.15) is 0 Å². The number of carboxylic acid groups (broad SMARTS) is 1. The Bertz CT molecular complexity index is 608. The predicted molar refractivity (Wildman–Crippen MR) is 72.9 cm³/mol. The van der Waals surface area contributed by atoms with Crippen LogP contribution in [0, 0.1) is 0 Å². The van der Waals surface area contributed by atoms with Gasteiger partial charge in [-0.1, -0.05) is 30.3 Å². The van der Waals surface area contributed by atoms with Crippen molar-refractivity contribution in [3.63, 3.8) is 0 Å². The quantitative estimate of drug-likeness (QED) is 0.826. The van der Waals surface area contributed by atoms with Crippen molar-refractivity contribution in [1.29, 1.82) is 0 Å². The third-order valence-electron chi connectivity index (χ3n) is 3.71. The number of carboxylic acids is 1. The first-order valence-electron chi connectivity index (χ1n) is 6.17. The van der Waals surface area contributed by atoms with Crippen molar-refractivity contribution in [2.75, 3.05) is 13.6 Å². The monoisotopic (exact) mass is 272 g/mol. The topological polar surface area (TPSA) is 43.4 Å². The highest BCUT2D eigenvalue weighted by Gasteiger charge is 2.42. The van der Waals surface area contributed by atoms with E-state index < -0.39 is 11.4 Å². The first-order chi connectivity index (χ1) is 9.14. The van der Waals surface area contributed by atoms with Gasteiger partial charge in [0.2, 0.25) is 0 Å². The molecular weight excluding hydrogens is 258 g/mol. The molecule has 4 heteroatoms. The van der Waals surface area contributed by atoms with Crippen molar-refractivity contribution in [3.05, 3.63) is 57.8 Å². The Hall–Kier alpha value is -1.65. The molecule has 0 spiro atoms. The van der Waals surface area contributed by atoms with Crippen molar-refractivity contribution < 1.29 is 9.90 Å². The molecule has 0 N–H and O–H groups in total. The molecule has 0 saturated heterocycles. The maximum absolute atomic E-state index is 12.0. The minimum absolute atomic E-state index is 0.451. The van der Waals surface area contributed by atoms with Gasteiger partial charge < -0.3 is 14.8 Å². The molecule has 1 aliphatic rings. The van der Waals surface area contributed by atoms with Gasteiger partial charge in [-0.2, -0.15) is 0 Å². The maximum Gasteiger partial charge on any atom is 0.0820 e. The highest BCUT2D eigenvalue weighted by molar-refractivity contribution is 7.10. The molecule has 0 bridgehead atoms. The average Bonchev–Trinajstić information content (AvgIpc) is 2.91. The van der Waals surface area contributed by atoms with E-state index in [0.29, 0.717) is 6.54 Å². The van der Waals surface area contributed by atoms with Crippen LogP contribution in [0.1, 0.15) is 16.0 Å². The summed E-state index contributed by atoms with van der Waals surface area (Å²) < 4.78 is 0. The first kappa shape index (κ1) is 12.4. The van der Waals surface area contributed by atoms with Crippen LogP contribution in [-0.2, 0) is 16.8 Å². The van der Waals surface area contributed by atoms with Crippen LogP contribution in [0.5, 0.6) is 0 Å². The maximum atomic E-state index is 12.0. The minimum Gasteiger partial charge on any atom is -0.549 e. The standard InChI is InChI=1S/C15H15NO2S/c1-16-9-11-5-2-3-6-12(11)15(10-16,14(17)18)13-7-4-8-19-13/h2-8H,9-10H2,1H3,(H,17,18)/p-1. The summed E-state index contributed by atoms with van der Waals surface area (Å²) in [6, 6.07) is 11.5. The van der Waals surface area contributed by atoms with Gasteiger partial charge in [0, 0.05) is 18.0 Å². The summed E-state index contributed by atoms with van der Waals surface area (Å²) in [6.07, 6.45) is 0. The molecule has 1 aliphatic heterocycles. The van der Waals surface area contributed by atoms with Gasteiger partial charge in [-0.3, -0.25) is 0 Å². The highest BCUT2D eigenvalue weighted by atomic mass is 32.1. The van der Waals surface area contributed by atoms with Crippen LogP contribution in [0.2, 0.25) is 0 Å². The van der Waals surface area contributed by atoms with E-state index in [1.54, 1.807) is 0 Å². The van der Waals surface area contributed by atoms with E-state index in [0.717, 1.165) is 22.5 Å². The number of nitrogens with zero attached hydrogens (tertiary/aromatic N) is 1. The van der Waals surface area contributed by atoms with Crippen molar-refractivity contribution in [2.24, 2.45) is 0 Å². The molecule has 1 aromatic heterocycles. The zero-order valence-electron chi connectivity index (χ0n) is 10.6. The Labute approximate surface area is 116 Å². The fourth-order valence-electron chi connectivity index (χ4n) is 2.92. The van der Waals surface area contributed by atoms with E-state index in [4.69, 9.17) is 0 Å². The van der Waals surface area contributed by atoms with Crippen LogP contribution in [0.3, 0.4) is 0 Å². The molecule has 0 radical (unpaired) electrons. The summed E-state index contributed by atoms with van der Waals surface area (Å²) >= 11 is 1.47. The molecule has 0 saturated carbocycles. The third kappa shape index (κ3) is 1.79. The van der Waals surface area contributed by atoms with Gasteiger partial charge in [0.25, 0.3) is 0 Å². The molecule has 1 aromatic carbocycles. The second kappa shape index (κ2) is 4.47. The van der Waals surface area contributed by atoms with E-state index in [1.807, 2.05) is 53.7 Å². The molecule has 2 aromatic rings. The predicted octanol–water partition coefficient (Wildman–Crippen LogP) is 1.23. The van der Waals surface area contributed by atoms with E-state index in [-0.39, 0.29) is 0 Å². The summed E-state index contributed by atoms with van der Waals surface area (Å²) in [5.74, 6) is -1.02. The Balaban J connectivity index is 2.28. The van der Waals surface area contributed by atoms with Crippen molar-refractivity contribution in [1.82, 2.24) is 4.90 Å². The summed E-state index contributed by atoms with van der Waals surface area (Å²) in [6.45, 7) is 1.23. The van der Waals surface area contributed by atoms with Crippen molar-refractivity contribution >= 4 is 17.3 Å². The molecule has 2 heterocycles. The van der Waals surface area contributed by atoms with Crippen LogP contribution < -0.4 is 5.11 Å². The molecule has 0 fully saturated rings. The number of likely N-dealkylation sites (N-methyl/N-ethyl adjacent to an activating group) is 1. The number of carbonyl (C=O) groups excluding carboxylic acids is 1. The second-order valence-electron chi connectivity index (χ2n) is 5.00. The number of carbonyl (C=O) groups is 1. The molecule has 3 nitrogen and oxygen atoms in total. The lowest BCUT2D eigenvalue weighted by Crippen LogP contribution is -2.55. The van der Waals surface area contributed by atoms with Gasteiger partial charge >= 0.3 is 0 Å². The molecular formula is C15H14NO2S-. The Kier molecular flexibility index (Phi) is 2.92. The fraction of sp³-hybridized carbons (Fsp3) is 0.267. The SMILES string of the molecule is CN1Cc2ccccc2C(C(=O)[O-])(c2cccs2)C1. The van der Waals surface area contributed by atoms with Crippen LogP contribution >= 0.6 is 11.3 Å². The van der Waals surface area contributed by atoms with E-state index in [9.17, 15) is 9.90 Å². The van der Waals surface area contributed by atoms with E-state index >= 15 is 0 Å². The van der Waals surface area contributed by atoms with Gasteiger partial charge in [0.15, 0.2) is 0 Å². The van der Waals surface area contributed by atoms with Crippen molar-refractivity contribution in [3.8, 4) is 0 Å². The zero-order chi connectivity index (χ0) is 13.5. The van der Waals surface area contributed by atoms with E-state index in [1.165, 1.54) is 11.3 Å². The van der Waals surface area contributed by atoms with Gasteiger partial charge in [-0.15, -0.1) is 11.3 Å². The molecule has 1 atom stereocenters. The normalized spacial score (nSPS) is 23.0. The number of benzene rings is 1. The fourth-order valence-corrected chi connectivity index (χ4v) is 3.84. The lowest BCUT2D eigenvalue weighted by atomic mass is 9.74. The molecule has 3 rings (SSSR count). The second-order valence-corrected chi connectivity index (χ2v) is 5.95. The Morgan fingerprint density at radius 3 is 2.79 bits per heavy atom. The zero-order valence-corrected chi connectivity index (χ0v) is 11.4. The largest absolute Gasteiger partial charge is 0.549 e. The van der Waals surface area contributed by atoms with Crippen LogP contribution in [0.25, 0.3) is 0 Å². The lowest BCUT2D eigenvalue weighted by Gasteiger charge is -2.43. The Morgan fingerprint density at radius 2 is 2.11 bits per heavy atom. The van der Waals surface area contributed by atoms with Crippen molar-refractivity contribution in [2.45, 2.75) is 12.0 Å². The first-order valence-corrected chi connectivity index (χ1v) is 7.05. The van der Waals surface area contributed by atoms with Crippen LogP contribution in [-0.4, -0.2) is 24.5 Å². The van der Waals surface area contributed by atoms with Gasteiger partial charge in [-0.25, -0.2) is 0 Å². The number of hydrogen-bond donors (Lipinski definition) is 0. The number of aliphatic carboxylic acids is 1. The number of thiophene rings is 1. The third-order valence-corrected chi connectivity index (χ3v) is 4.75. The molecule has 0 amide bonds. The van der Waals surface area contributed by atoms with Crippen LogP contribution in [0.4, 0.5) is 0 Å². The Morgan fingerprint density at radius 1 is 1.32 bits per heavy atom. The number of rotatable bonds is 2. The van der Waals surface area contributed by atoms with Crippen LogP contribution in [0.15, 0.2) is 41.8 Å². The van der Waals surface area contributed by atoms with E-state index in [2.05, 4.69) is 0 Å². The van der Waals surface area contributed by atoms with Gasteiger partial charge in [-0.05, 0) is 29.6 Å². The average molecular weight is 272 g/mol. The minimum atomic E-state index is -1.04. The highest BCUT2D eigenvalue weighted by Crippen LogP contribution is 2.40. The molecule has 19 heavy (non-hydrogen) atoms. The molecule has 1 unspecified atom stereocenters. The summed E-state index contributed by atoms with van der Waals surface area (Å²) in [5, 5.41) is 13.9.